The standard InChI is InChI=1S/C14H27N3O2/c15-6-3-7-16-13(18)12-14(4-1-2-5-14)17-8-10-19-11-9-17/h1-12,15H2,(H,16,18). The maximum absolute atomic E-state index is 12.1. The quantitative estimate of drug-likeness (QED) is 0.689. The van der Waals surface area contributed by atoms with Crippen molar-refractivity contribution in [3.05, 3.63) is 0 Å². The van der Waals surface area contributed by atoms with Gasteiger partial charge in [-0.15, -0.1) is 0 Å². The van der Waals surface area contributed by atoms with Crippen molar-refractivity contribution in [1.82, 2.24) is 10.2 Å². The number of hydrogen-bond donors (Lipinski definition) is 2. The minimum Gasteiger partial charge on any atom is -0.379 e. The summed E-state index contributed by atoms with van der Waals surface area (Å²) in [5, 5.41) is 3.00. The molecule has 0 aromatic heterocycles. The summed E-state index contributed by atoms with van der Waals surface area (Å²) in [5.41, 5.74) is 5.54. The number of nitrogens with one attached hydrogen (secondary N) is 1. The molecular weight excluding hydrogens is 242 g/mol. The minimum absolute atomic E-state index is 0.0938. The predicted molar refractivity (Wildman–Crippen MR) is 74.9 cm³/mol. The number of carbonyl (C=O) groups is 1. The van der Waals surface area contributed by atoms with Gasteiger partial charge in [0.1, 0.15) is 0 Å². The van der Waals surface area contributed by atoms with Crippen LogP contribution in [0.4, 0.5) is 0 Å². The molecule has 0 unspecified atom stereocenters. The molecule has 0 atom stereocenters. The van der Waals surface area contributed by atoms with Crippen LogP contribution in [0.15, 0.2) is 0 Å². The van der Waals surface area contributed by atoms with E-state index in [4.69, 9.17) is 10.5 Å². The van der Waals surface area contributed by atoms with Gasteiger partial charge in [-0.3, -0.25) is 9.69 Å². The molecule has 1 saturated carbocycles. The Balaban J connectivity index is 1.89. The fourth-order valence-electron chi connectivity index (χ4n) is 3.37. The molecule has 0 aromatic rings. The molecule has 0 radical (unpaired) electrons. The third-order valence-corrected chi connectivity index (χ3v) is 4.41. The third kappa shape index (κ3) is 3.91. The second-order valence-corrected chi connectivity index (χ2v) is 5.70. The van der Waals surface area contributed by atoms with Gasteiger partial charge in [-0.05, 0) is 25.8 Å². The molecule has 5 nitrogen and oxygen atoms in total. The Labute approximate surface area is 115 Å². The van der Waals surface area contributed by atoms with Crippen molar-refractivity contribution in [1.29, 1.82) is 0 Å². The fourth-order valence-corrected chi connectivity index (χ4v) is 3.37. The topological polar surface area (TPSA) is 67.6 Å². The number of rotatable bonds is 6. The first kappa shape index (κ1) is 14.8. The summed E-state index contributed by atoms with van der Waals surface area (Å²) in [6, 6.07) is 0. The highest BCUT2D eigenvalue weighted by atomic mass is 16.5. The van der Waals surface area contributed by atoms with Crippen molar-refractivity contribution >= 4 is 5.91 Å². The molecule has 1 amide bonds. The van der Waals surface area contributed by atoms with Gasteiger partial charge in [0, 0.05) is 31.6 Å². The number of nitrogens with two attached hydrogens (primary N) is 1. The molecule has 3 N–H and O–H groups in total. The number of carbonyl (C=O) groups excluding carboxylic acids is 1. The Hall–Kier alpha value is -0.650. The number of hydrogen-bond acceptors (Lipinski definition) is 4. The smallest absolute Gasteiger partial charge is 0.221 e. The molecular formula is C14H27N3O2. The Morgan fingerprint density at radius 3 is 2.58 bits per heavy atom. The number of morpholine rings is 1. The van der Waals surface area contributed by atoms with E-state index in [0.29, 0.717) is 19.5 Å². The first-order valence-electron chi connectivity index (χ1n) is 7.56. The van der Waals surface area contributed by atoms with Crippen molar-refractivity contribution in [2.24, 2.45) is 5.73 Å². The van der Waals surface area contributed by atoms with Crippen LogP contribution < -0.4 is 11.1 Å². The van der Waals surface area contributed by atoms with Crippen molar-refractivity contribution in [2.75, 3.05) is 39.4 Å². The zero-order valence-corrected chi connectivity index (χ0v) is 11.8. The number of nitrogens with zero attached hydrogens (tertiary/aromatic N) is 1. The number of ether oxygens (including phenoxy) is 1. The molecule has 1 aliphatic carbocycles. The Kier molecular flexibility index (Phi) is 5.60. The van der Waals surface area contributed by atoms with Crippen LogP contribution in [0.1, 0.15) is 38.5 Å². The Bertz CT molecular complexity index is 284. The maximum Gasteiger partial charge on any atom is 0.221 e. The monoisotopic (exact) mass is 269 g/mol. The lowest BCUT2D eigenvalue weighted by atomic mass is 9.90. The lowest BCUT2D eigenvalue weighted by Gasteiger charge is -2.43. The summed E-state index contributed by atoms with van der Waals surface area (Å²) in [6.45, 7) is 4.88. The van der Waals surface area contributed by atoms with Gasteiger partial charge in [0.2, 0.25) is 5.91 Å². The largest absolute Gasteiger partial charge is 0.379 e. The minimum atomic E-state index is 0.0938. The van der Waals surface area contributed by atoms with E-state index in [2.05, 4.69) is 10.2 Å². The Morgan fingerprint density at radius 2 is 1.95 bits per heavy atom. The molecule has 2 fully saturated rings. The van der Waals surface area contributed by atoms with E-state index in [9.17, 15) is 4.79 Å². The van der Waals surface area contributed by atoms with E-state index < -0.39 is 0 Å². The average molecular weight is 269 g/mol. The molecule has 1 heterocycles. The van der Waals surface area contributed by atoms with Crippen LogP contribution in [0.2, 0.25) is 0 Å². The van der Waals surface area contributed by atoms with Crippen molar-refractivity contribution < 1.29 is 9.53 Å². The molecule has 0 aromatic carbocycles. The van der Waals surface area contributed by atoms with Crippen LogP contribution in [0.3, 0.4) is 0 Å². The van der Waals surface area contributed by atoms with Crippen LogP contribution in [-0.2, 0) is 9.53 Å². The average Bonchev–Trinajstić information content (AvgIpc) is 2.90. The third-order valence-electron chi connectivity index (χ3n) is 4.41. The summed E-state index contributed by atoms with van der Waals surface area (Å²) < 4.78 is 5.43. The van der Waals surface area contributed by atoms with Gasteiger partial charge in [-0.25, -0.2) is 0 Å². The van der Waals surface area contributed by atoms with E-state index in [0.717, 1.165) is 45.6 Å². The molecule has 5 heteroatoms. The van der Waals surface area contributed by atoms with Crippen molar-refractivity contribution in [3.63, 3.8) is 0 Å². The number of amides is 1. The summed E-state index contributed by atoms with van der Waals surface area (Å²) >= 11 is 0. The van der Waals surface area contributed by atoms with Crippen LogP contribution in [0.25, 0.3) is 0 Å². The zero-order chi connectivity index (χ0) is 13.6. The van der Waals surface area contributed by atoms with Gasteiger partial charge in [0.25, 0.3) is 0 Å². The van der Waals surface area contributed by atoms with Gasteiger partial charge in [-0.2, -0.15) is 0 Å². The lowest BCUT2D eigenvalue weighted by Crippen LogP contribution is -2.54. The molecule has 110 valence electrons. The SMILES string of the molecule is NCCCNC(=O)CC1(N2CCOCC2)CCCC1. The highest BCUT2D eigenvalue weighted by Crippen LogP contribution is 2.38. The second kappa shape index (κ2) is 7.22. The van der Waals surface area contributed by atoms with Gasteiger partial charge in [-0.1, -0.05) is 12.8 Å². The van der Waals surface area contributed by atoms with Crippen molar-refractivity contribution in [3.8, 4) is 0 Å². The molecule has 1 saturated heterocycles. The summed E-state index contributed by atoms with van der Waals surface area (Å²) in [7, 11) is 0. The summed E-state index contributed by atoms with van der Waals surface area (Å²) in [5.74, 6) is 0.182. The van der Waals surface area contributed by atoms with E-state index in [-0.39, 0.29) is 11.4 Å². The molecule has 0 spiro atoms. The molecule has 1 aliphatic heterocycles. The normalized spacial score (nSPS) is 23.4. The molecule has 0 bridgehead atoms. The van der Waals surface area contributed by atoms with Crippen LogP contribution in [0, 0.1) is 0 Å². The first-order valence-corrected chi connectivity index (χ1v) is 7.56. The van der Waals surface area contributed by atoms with E-state index in [1.807, 2.05) is 0 Å². The maximum atomic E-state index is 12.1. The van der Waals surface area contributed by atoms with E-state index in [1.165, 1.54) is 12.8 Å². The zero-order valence-electron chi connectivity index (χ0n) is 11.8. The van der Waals surface area contributed by atoms with Crippen LogP contribution >= 0.6 is 0 Å². The fraction of sp³-hybridized carbons (Fsp3) is 0.929. The van der Waals surface area contributed by atoms with E-state index >= 15 is 0 Å². The molecule has 2 aliphatic rings. The lowest BCUT2D eigenvalue weighted by molar-refractivity contribution is -0.125. The van der Waals surface area contributed by atoms with Crippen LogP contribution in [0.5, 0.6) is 0 Å². The van der Waals surface area contributed by atoms with Gasteiger partial charge >= 0.3 is 0 Å². The van der Waals surface area contributed by atoms with E-state index in [1.54, 1.807) is 0 Å². The van der Waals surface area contributed by atoms with Crippen LogP contribution in [-0.4, -0.2) is 55.7 Å². The van der Waals surface area contributed by atoms with Gasteiger partial charge in [0.15, 0.2) is 0 Å². The van der Waals surface area contributed by atoms with Crippen molar-refractivity contribution in [2.45, 2.75) is 44.1 Å². The molecule has 2 rings (SSSR count). The first-order chi connectivity index (χ1) is 9.27. The Morgan fingerprint density at radius 1 is 1.26 bits per heavy atom. The van der Waals surface area contributed by atoms with Gasteiger partial charge in [0.05, 0.1) is 13.2 Å². The van der Waals surface area contributed by atoms with Gasteiger partial charge < -0.3 is 15.8 Å². The summed E-state index contributed by atoms with van der Waals surface area (Å²) in [4.78, 5) is 14.6. The predicted octanol–water partition coefficient (Wildman–Crippen LogP) is 0.486. The summed E-state index contributed by atoms with van der Waals surface area (Å²) in [6.07, 6.45) is 6.28. The molecule has 19 heavy (non-hydrogen) atoms. The highest BCUT2D eigenvalue weighted by molar-refractivity contribution is 5.77. The second-order valence-electron chi connectivity index (χ2n) is 5.70. The highest BCUT2D eigenvalue weighted by Gasteiger charge is 2.41.